The van der Waals surface area contributed by atoms with Crippen LogP contribution >= 0.6 is 11.8 Å². The monoisotopic (exact) mass is 256 g/mol. The molecule has 16 heavy (non-hydrogen) atoms. The molecule has 0 bridgehead atoms. The van der Waals surface area contributed by atoms with Crippen LogP contribution in [0.5, 0.6) is 0 Å². The predicted octanol–water partition coefficient (Wildman–Crippen LogP) is 3.38. The molecule has 2 nitrogen and oxygen atoms in total. The van der Waals surface area contributed by atoms with Gasteiger partial charge >= 0.3 is 0 Å². The zero-order valence-electron chi connectivity index (χ0n) is 9.73. The highest BCUT2D eigenvalue weighted by Gasteiger charge is 2.19. The molecule has 4 heteroatoms. The van der Waals surface area contributed by atoms with Crippen LogP contribution in [0.2, 0.25) is 0 Å². The molecule has 0 aliphatic heterocycles. The summed E-state index contributed by atoms with van der Waals surface area (Å²) in [5, 5.41) is 0. The lowest BCUT2D eigenvalue weighted by Gasteiger charge is -2.06. The van der Waals surface area contributed by atoms with E-state index >= 15 is 0 Å². The minimum Gasteiger partial charge on any atom is -0.218 e. The van der Waals surface area contributed by atoms with Gasteiger partial charge in [-0.2, -0.15) is 0 Å². The summed E-state index contributed by atoms with van der Waals surface area (Å²) in [6.07, 6.45) is 4.26. The summed E-state index contributed by atoms with van der Waals surface area (Å²) in [4.78, 5) is 0.368. The normalized spacial score (nSPS) is 12.8. The second kappa shape index (κ2) is 5.55. The largest absolute Gasteiger partial charge is 0.218 e. The fraction of sp³-hybridized carbons (Fsp3) is 0.333. The van der Waals surface area contributed by atoms with Gasteiger partial charge in [-0.1, -0.05) is 30.7 Å². The number of benzene rings is 1. The highest BCUT2D eigenvalue weighted by Crippen LogP contribution is 2.27. The lowest BCUT2D eigenvalue weighted by Crippen LogP contribution is -2.02. The average Bonchev–Trinajstić information content (AvgIpc) is 2.26. The summed E-state index contributed by atoms with van der Waals surface area (Å²) < 4.78 is 24.8. The van der Waals surface area contributed by atoms with Crippen molar-refractivity contribution in [2.24, 2.45) is 0 Å². The fourth-order valence-corrected chi connectivity index (χ4v) is 3.92. The molecule has 0 aliphatic carbocycles. The molecule has 0 radical (unpaired) electrons. The Morgan fingerprint density at radius 1 is 1.31 bits per heavy atom. The van der Waals surface area contributed by atoms with Gasteiger partial charge in [0.1, 0.15) is 4.24 Å². The maximum Gasteiger partial charge on any atom is 0.212 e. The van der Waals surface area contributed by atoms with E-state index in [2.05, 4.69) is 0 Å². The highest BCUT2D eigenvalue weighted by atomic mass is 32.3. The van der Waals surface area contributed by atoms with Crippen molar-refractivity contribution in [1.82, 2.24) is 0 Å². The van der Waals surface area contributed by atoms with E-state index in [4.69, 9.17) is 0 Å². The number of sulfone groups is 1. The van der Waals surface area contributed by atoms with Crippen molar-refractivity contribution in [3.63, 3.8) is 0 Å². The molecule has 0 spiro atoms. The maximum absolute atomic E-state index is 12.2. The van der Waals surface area contributed by atoms with Crippen molar-refractivity contribution in [2.45, 2.75) is 25.2 Å². The van der Waals surface area contributed by atoms with E-state index in [1.165, 1.54) is 11.8 Å². The van der Waals surface area contributed by atoms with Gasteiger partial charge in [-0.25, -0.2) is 8.42 Å². The minimum atomic E-state index is -3.31. The highest BCUT2D eigenvalue weighted by molar-refractivity contribution is 8.18. The molecular weight excluding hydrogens is 240 g/mol. The molecule has 0 saturated carbocycles. The standard InChI is InChI=1S/C12H16O2S2/c1-4-5-12(15-3)16(13,14)11-8-6-10(2)7-9-11/h5-9H,4H2,1-3H3/b12-5+. The molecule has 0 N–H and O–H groups in total. The molecule has 0 fully saturated rings. The van der Waals surface area contributed by atoms with Gasteiger partial charge in [0.25, 0.3) is 0 Å². The molecule has 0 aromatic heterocycles. The minimum absolute atomic E-state index is 0.368. The van der Waals surface area contributed by atoms with E-state index < -0.39 is 9.84 Å². The second-order valence-electron chi connectivity index (χ2n) is 3.45. The third kappa shape index (κ3) is 2.89. The summed E-state index contributed by atoms with van der Waals surface area (Å²) in [6.45, 7) is 3.87. The van der Waals surface area contributed by atoms with Crippen LogP contribution in [0.25, 0.3) is 0 Å². The molecule has 0 amide bonds. The Hall–Kier alpha value is -0.740. The second-order valence-corrected chi connectivity index (χ2v) is 6.48. The van der Waals surface area contributed by atoms with Gasteiger partial charge in [0, 0.05) is 0 Å². The van der Waals surface area contributed by atoms with Gasteiger partial charge in [0.05, 0.1) is 4.90 Å². The number of hydrogen-bond acceptors (Lipinski definition) is 3. The Labute approximate surface area is 102 Å². The van der Waals surface area contributed by atoms with E-state index in [-0.39, 0.29) is 0 Å². The first-order chi connectivity index (χ1) is 7.52. The molecule has 1 aromatic carbocycles. The van der Waals surface area contributed by atoms with Crippen molar-refractivity contribution < 1.29 is 8.42 Å². The first-order valence-corrected chi connectivity index (χ1v) is 7.79. The quantitative estimate of drug-likeness (QED) is 0.828. The van der Waals surface area contributed by atoms with Crippen LogP contribution in [0.15, 0.2) is 39.5 Å². The maximum atomic E-state index is 12.2. The third-order valence-corrected chi connectivity index (χ3v) is 5.48. The van der Waals surface area contributed by atoms with Crippen molar-refractivity contribution in [3.05, 3.63) is 40.1 Å². The van der Waals surface area contributed by atoms with Crippen LogP contribution in [0, 0.1) is 6.92 Å². The van der Waals surface area contributed by atoms with Crippen molar-refractivity contribution in [3.8, 4) is 0 Å². The van der Waals surface area contributed by atoms with Crippen molar-refractivity contribution in [2.75, 3.05) is 6.26 Å². The average molecular weight is 256 g/mol. The first kappa shape index (κ1) is 13.3. The third-order valence-electron chi connectivity index (χ3n) is 2.17. The lowest BCUT2D eigenvalue weighted by molar-refractivity contribution is 0.604. The lowest BCUT2D eigenvalue weighted by atomic mass is 10.2. The van der Waals surface area contributed by atoms with Gasteiger partial charge < -0.3 is 0 Å². The van der Waals surface area contributed by atoms with Crippen LogP contribution in [-0.2, 0) is 9.84 Å². The number of allylic oxidation sites excluding steroid dienone is 1. The summed E-state index contributed by atoms with van der Waals surface area (Å²) in [5.41, 5.74) is 1.06. The molecule has 0 saturated heterocycles. The Balaban J connectivity index is 3.20. The first-order valence-electron chi connectivity index (χ1n) is 5.08. The van der Waals surface area contributed by atoms with E-state index in [0.29, 0.717) is 9.13 Å². The van der Waals surface area contributed by atoms with E-state index in [1.807, 2.05) is 26.0 Å². The van der Waals surface area contributed by atoms with Gasteiger partial charge in [0.15, 0.2) is 0 Å². The van der Waals surface area contributed by atoms with Crippen molar-refractivity contribution >= 4 is 21.6 Å². The van der Waals surface area contributed by atoms with Gasteiger partial charge in [-0.3, -0.25) is 0 Å². The van der Waals surface area contributed by atoms with Crippen LogP contribution in [0.3, 0.4) is 0 Å². The van der Waals surface area contributed by atoms with E-state index in [1.54, 1.807) is 24.5 Å². The smallest absolute Gasteiger partial charge is 0.212 e. The van der Waals surface area contributed by atoms with E-state index in [9.17, 15) is 8.42 Å². The van der Waals surface area contributed by atoms with Gasteiger partial charge in [-0.15, -0.1) is 11.8 Å². The molecular formula is C12H16O2S2. The Morgan fingerprint density at radius 2 is 1.88 bits per heavy atom. The van der Waals surface area contributed by atoms with Crippen molar-refractivity contribution in [1.29, 1.82) is 0 Å². The molecule has 0 atom stereocenters. The SMILES string of the molecule is CC/C=C(\SC)S(=O)(=O)c1ccc(C)cc1. The number of hydrogen-bond donors (Lipinski definition) is 0. The molecule has 0 heterocycles. The number of thioether (sulfide) groups is 1. The summed E-state index contributed by atoms with van der Waals surface area (Å²) in [7, 11) is -3.31. The van der Waals surface area contributed by atoms with E-state index in [0.717, 1.165) is 12.0 Å². The topological polar surface area (TPSA) is 34.1 Å². The molecule has 0 unspecified atom stereocenters. The molecule has 1 aromatic rings. The number of rotatable bonds is 4. The zero-order chi connectivity index (χ0) is 12.2. The van der Waals surface area contributed by atoms with Gasteiger partial charge in [0.2, 0.25) is 9.84 Å². The van der Waals surface area contributed by atoms with Crippen LogP contribution in [0.1, 0.15) is 18.9 Å². The Kier molecular flexibility index (Phi) is 4.62. The summed E-state index contributed by atoms with van der Waals surface area (Å²) in [5.74, 6) is 0. The molecule has 0 aliphatic rings. The van der Waals surface area contributed by atoms with Crippen LogP contribution in [0.4, 0.5) is 0 Å². The zero-order valence-corrected chi connectivity index (χ0v) is 11.4. The molecule has 1 rings (SSSR count). The van der Waals surface area contributed by atoms with Gasteiger partial charge in [-0.05, 0) is 31.7 Å². The summed E-state index contributed by atoms with van der Waals surface area (Å²) >= 11 is 1.27. The Bertz CT molecular complexity index is 470. The molecule has 88 valence electrons. The van der Waals surface area contributed by atoms with Crippen LogP contribution < -0.4 is 0 Å². The summed E-state index contributed by atoms with van der Waals surface area (Å²) in [6, 6.07) is 6.95. The predicted molar refractivity (Wildman–Crippen MR) is 70.3 cm³/mol. The number of aryl methyl sites for hydroxylation is 1. The van der Waals surface area contributed by atoms with Crippen LogP contribution in [-0.4, -0.2) is 14.7 Å². The Morgan fingerprint density at radius 3 is 2.31 bits per heavy atom. The fourth-order valence-electron chi connectivity index (χ4n) is 1.30.